The van der Waals surface area contributed by atoms with Crippen molar-refractivity contribution in [1.29, 1.82) is 0 Å². The quantitative estimate of drug-likeness (QED) is 0.171. The normalized spacial score (nSPS) is 10.9. The SMILES string of the molecule is CC[P+]([S-])([S-])CC.CC[P+]([S-])([S-])CC.[I][Sn][I]. The molecule has 0 aromatic heterocycles. The van der Waals surface area contributed by atoms with Crippen LogP contribution in [0.1, 0.15) is 27.7 Å². The summed E-state index contributed by atoms with van der Waals surface area (Å²) in [5.41, 5.74) is -2.48. The van der Waals surface area contributed by atoms with E-state index in [1.54, 1.807) is 0 Å². The molecular weight excluding hydrogens is 659 g/mol. The van der Waals surface area contributed by atoms with Gasteiger partial charge in [0.05, 0.1) is 0 Å². The molecule has 0 atom stereocenters. The summed E-state index contributed by atoms with van der Waals surface area (Å²) in [6, 6.07) is 0. The predicted molar refractivity (Wildman–Crippen MR) is 119 cm³/mol. The van der Waals surface area contributed by atoms with Crippen molar-refractivity contribution in [2.45, 2.75) is 27.7 Å². The third kappa shape index (κ3) is 25.8. The molecule has 0 rings (SSSR count). The van der Waals surface area contributed by atoms with Gasteiger partial charge in [-0.25, -0.2) is 11.3 Å². The van der Waals surface area contributed by atoms with E-state index in [-0.39, 0.29) is 13.2 Å². The van der Waals surface area contributed by atoms with E-state index >= 15 is 0 Å². The van der Waals surface area contributed by atoms with Gasteiger partial charge in [0, 0.05) is 24.6 Å². The van der Waals surface area contributed by atoms with Crippen molar-refractivity contribution in [3.05, 3.63) is 0 Å². The fraction of sp³-hybridized carbons (Fsp3) is 1.00. The van der Waals surface area contributed by atoms with Gasteiger partial charge >= 0.3 is 50.5 Å². The van der Waals surface area contributed by atoms with E-state index in [0.717, 1.165) is 24.6 Å². The molecule has 0 spiro atoms. The molecule has 0 saturated heterocycles. The summed E-state index contributed by atoms with van der Waals surface area (Å²) >= 11 is 25.3. The summed E-state index contributed by atoms with van der Waals surface area (Å²) in [7, 11) is 0. The standard InChI is InChI=1S/2C4H11PS2.2HI.Sn/c2*1-3-5(6,7)4-2;;;/h2*3-4H2,1-2H3,(H,6,7);2*1H;/q;;;;+2/p-4. The van der Waals surface area contributed by atoms with Gasteiger partial charge in [0.1, 0.15) is 0 Å². The average Bonchev–Trinajstić information content (AvgIpc) is 2.31. The zero-order valence-corrected chi connectivity index (χ0v) is 22.8. The minimum absolute atomic E-state index is 0.170. The predicted octanol–water partition coefficient (Wildman–Crippen LogP) is 5.33. The van der Waals surface area contributed by atoms with Gasteiger partial charge in [-0.2, -0.15) is 0 Å². The Morgan fingerprint density at radius 2 is 0.824 bits per heavy atom. The first kappa shape index (κ1) is 26.4. The molecule has 0 aliphatic carbocycles. The number of rotatable bonds is 4. The molecule has 17 heavy (non-hydrogen) atoms. The summed E-state index contributed by atoms with van der Waals surface area (Å²) in [5, 5.41) is 0. The van der Waals surface area contributed by atoms with E-state index in [0.29, 0.717) is 0 Å². The Morgan fingerprint density at radius 1 is 0.706 bits per heavy atom. The van der Waals surface area contributed by atoms with Crippen LogP contribution in [0, 0.1) is 0 Å². The van der Waals surface area contributed by atoms with Crippen molar-refractivity contribution >= 4 is 111 Å². The summed E-state index contributed by atoms with van der Waals surface area (Å²) in [4.78, 5) is 0. The molecular formula is C8H20I2P2S4Sn-2. The fourth-order valence-corrected chi connectivity index (χ4v) is 1.34. The summed E-state index contributed by atoms with van der Waals surface area (Å²) in [6.07, 6.45) is 4.14. The van der Waals surface area contributed by atoms with Crippen LogP contribution in [0.25, 0.3) is 0 Å². The first-order valence-corrected chi connectivity index (χ1v) is 30.2. The molecule has 0 amide bonds. The Bertz CT molecular complexity index is 136. The van der Waals surface area contributed by atoms with Crippen LogP contribution in [-0.2, 0) is 49.0 Å². The van der Waals surface area contributed by atoms with Crippen LogP contribution in [0.15, 0.2) is 0 Å². The Kier molecular flexibility index (Phi) is 26.2. The second-order valence-electron chi connectivity index (χ2n) is 2.97. The van der Waals surface area contributed by atoms with Gasteiger partial charge in [-0.15, -0.1) is 0 Å². The van der Waals surface area contributed by atoms with Crippen molar-refractivity contribution < 1.29 is 0 Å². The third-order valence-corrected chi connectivity index (χ3v) is 12.0. The van der Waals surface area contributed by atoms with Crippen molar-refractivity contribution in [3.63, 3.8) is 0 Å². The van der Waals surface area contributed by atoms with Crippen LogP contribution in [-0.4, -0.2) is 37.9 Å². The molecule has 0 N–H and O–H groups in total. The molecule has 106 valence electrons. The molecule has 0 bridgehead atoms. The van der Waals surface area contributed by atoms with Crippen LogP contribution in [0.2, 0.25) is 0 Å². The Hall–Kier alpha value is 4.52. The van der Waals surface area contributed by atoms with Gasteiger partial charge in [0.25, 0.3) is 0 Å². The average molecular weight is 679 g/mol. The fourth-order valence-electron chi connectivity index (χ4n) is 0.447. The Balaban J connectivity index is -0.000000188. The summed E-state index contributed by atoms with van der Waals surface area (Å²) in [6.45, 7) is 8.32. The first-order valence-electron chi connectivity index (χ1n) is 5.20. The van der Waals surface area contributed by atoms with E-state index < -0.39 is 11.3 Å². The van der Waals surface area contributed by atoms with E-state index in [4.69, 9.17) is 49.0 Å². The number of hydrogen-bond acceptors (Lipinski definition) is 4. The topological polar surface area (TPSA) is 0 Å². The minimum atomic E-state index is -1.24. The van der Waals surface area contributed by atoms with Gasteiger partial charge in [0.15, 0.2) is 0 Å². The van der Waals surface area contributed by atoms with Crippen LogP contribution < -0.4 is 0 Å². The maximum atomic E-state index is 5.07. The molecule has 0 nitrogen and oxygen atoms in total. The summed E-state index contributed by atoms with van der Waals surface area (Å²) < 4.78 is 0. The van der Waals surface area contributed by atoms with Gasteiger partial charge < -0.3 is 49.0 Å². The van der Waals surface area contributed by atoms with Crippen LogP contribution in [0.3, 0.4) is 0 Å². The van der Waals surface area contributed by atoms with Gasteiger partial charge in [-0.1, -0.05) is 0 Å². The molecule has 0 heterocycles. The molecule has 2 radical (unpaired) electrons. The van der Waals surface area contributed by atoms with E-state index in [9.17, 15) is 0 Å². The second-order valence-corrected chi connectivity index (χ2v) is 40.0. The van der Waals surface area contributed by atoms with E-state index in [2.05, 4.69) is 65.0 Å². The number of hydrogen-bond donors (Lipinski definition) is 0. The molecule has 0 aliphatic heterocycles. The van der Waals surface area contributed by atoms with Crippen molar-refractivity contribution in [3.8, 4) is 0 Å². The Morgan fingerprint density at radius 3 is 0.824 bits per heavy atom. The third-order valence-electron chi connectivity index (χ3n) is 1.93. The molecule has 0 unspecified atom stereocenters. The van der Waals surface area contributed by atoms with Crippen LogP contribution >= 0.6 is 48.6 Å². The van der Waals surface area contributed by atoms with Gasteiger partial charge in [0.2, 0.25) is 0 Å². The molecule has 0 aromatic carbocycles. The zero-order valence-electron chi connectivity index (χ0n) is 10.6. The zero-order chi connectivity index (χ0) is 14.5. The molecule has 0 saturated carbocycles. The van der Waals surface area contributed by atoms with Crippen molar-refractivity contribution in [2.24, 2.45) is 0 Å². The number of halogens is 2. The first-order chi connectivity index (χ1) is 7.66. The Labute approximate surface area is 160 Å². The maximum absolute atomic E-state index is 5.07. The van der Waals surface area contributed by atoms with Crippen molar-refractivity contribution in [2.75, 3.05) is 24.6 Å². The van der Waals surface area contributed by atoms with E-state index in [1.165, 1.54) is 0 Å². The molecule has 0 aromatic rings. The molecule has 0 aliphatic rings. The van der Waals surface area contributed by atoms with Gasteiger partial charge in [-0.3, -0.25) is 0 Å². The van der Waals surface area contributed by atoms with Crippen molar-refractivity contribution in [1.82, 2.24) is 0 Å². The van der Waals surface area contributed by atoms with Crippen LogP contribution in [0.5, 0.6) is 0 Å². The monoisotopic (exact) mass is 680 g/mol. The second kappa shape index (κ2) is 16.9. The van der Waals surface area contributed by atoms with E-state index in [1.807, 2.05) is 0 Å². The van der Waals surface area contributed by atoms with Crippen LogP contribution in [0.4, 0.5) is 0 Å². The molecule has 9 heteroatoms. The van der Waals surface area contributed by atoms with Gasteiger partial charge in [-0.05, 0) is 27.7 Å². The molecule has 0 fully saturated rings. The summed E-state index contributed by atoms with van der Waals surface area (Å²) in [5.74, 6) is 0.